The number of hydrogen-bond donors (Lipinski definition) is 0. The minimum Gasteiger partial charge on any atom is -0.171 e. The third kappa shape index (κ3) is 2.90. The second-order valence-corrected chi connectivity index (χ2v) is 4.90. The topological polar surface area (TPSA) is 0 Å². The van der Waals surface area contributed by atoms with Gasteiger partial charge in [-0.15, -0.1) is 11.6 Å². The smallest absolute Gasteiger partial charge is 0.171 e. The lowest BCUT2D eigenvalue weighted by molar-refractivity contribution is -0.134. The van der Waals surface area contributed by atoms with Crippen LogP contribution in [0.25, 0.3) is 10.8 Å². The summed E-state index contributed by atoms with van der Waals surface area (Å²) in [6.07, 6.45) is -5.34. The number of halogens is 5. The lowest BCUT2D eigenvalue weighted by Gasteiger charge is -2.15. The molecule has 2 aromatic carbocycles. The normalized spacial score (nSPS) is 13.8. The fraction of sp³-hybridized carbons (Fsp3) is 0.231. The lowest BCUT2D eigenvalue weighted by Crippen LogP contribution is -2.10. The molecule has 1 unspecified atom stereocenters. The van der Waals surface area contributed by atoms with Gasteiger partial charge in [0.05, 0.1) is 11.8 Å². The second-order valence-electron chi connectivity index (χ2n) is 3.97. The third-order valence-corrected chi connectivity index (χ3v) is 3.37. The van der Waals surface area contributed by atoms with E-state index >= 15 is 0 Å². The van der Waals surface area contributed by atoms with Gasteiger partial charge in [0, 0.05) is 10.4 Å². The quantitative estimate of drug-likeness (QED) is 0.621. The van der Waals surface area contributed by atoms with Crippen molar-refractivity contribution in [1.82, 2.24) is 0 Å². The molecule has 2 aromatic rings. The Kier molecular flexibility index (Phi) is 3.74. The second kappa shape index (κ2) is 4.98. The van der Waals surface area contributed by atoms with Crippen LogP contribution in [-0.4, -0.2) is 6.18 Å². The van der Waals surface area contributed by atoms with Crippen LogP contribution in [0.15, 0.2) is 36.4 Å². The highest BCUT2D eigenvalue weighted by Gasteiger charge is 2.32. The fourth-order valence-corrected chi connectivity index (χ4v) is 2.46. The van der Waals surface area contributed by atoms with Crippen LogP contribution in [0.1, 0.15) is 17.4 Å². The van der Waals surface area contributed by atoms with Gasteiger partial charge in [0.2, 0.25) is 0 Å². The average Bonchev–Trinajstić information content (AvgIpc) is 2.27. The summed E-state index contributed by atoms with van der Waals surface area (Å²) in [5.41, 5.74) is 0.453. The highest BCUT2D eigenvalue weighted by Crippen LogP contribution is 2.38. The highest BCUT2D eigenvalue weighted by atomic mass is 35.5. The van der Waals surface area contributed by atoms with E-state index < -0.39 is 18.0 Å². The summed E-state index contributed by atoms with van der Waals surface area (Å²) in [5, 5.41) is 0.774. The molecular formula is C13H9Cl2F3. The van der Waals surface area contributed by atoms with Crippen LogP contribution in [0.5, 0.6) is 0 Å². The van der Waals surface area contributed by atoms with E-state index in [2.05, 4.69) is 0 Å². The molecule has 0 saturated heterocycles. The molecule has 0 aliphatic rings. The molecule has 0 nitrogen and oxygen atoms in total. The molecule has 0 spiro atoms. The van der Waals surface area contributed by atoms with Gasteiger partial charge in [0.15, 0.2) is 0 Å². The van der Waals surface area contributed by atoms with Crippen molar-refractivity contribution in [1.29, 1.82) is 0 Å². The largest absolute Gasteiger partial charge is 0.390 e. The summed E-state index contributed by atoms with van der Waals surface area (Å²) < 4.78 is 37.1. The van der Waals surface area contributed by atoms with Gasteiger partial charge in [0.25, 0.3) is 0 Å². The molecule has 1 atom stereocenters. The molecule has 0 aliphatic heterocycles. The molecule has 0 N–H and O–H groups in total. The molecule has 0 fully saturated rings. The molecule has 0 saturated carbocycles. The Hall–Kier alpha value is -0.930. The van der Waals surface area contributed by atoms with Gasteiger partial charge in [-0.2, -0.15) is 13.2 Å². The van der Waals surface area contributed by atoms with Gasteiger partial charge in [-0.1, -0.05) is 41.9 Å². The van der Waals surface area contributed by atoms with Crippen molar-refractivity contribution in [3.05, 3.63) is 47.0 Å². The highest BCUT2D eigenvalue weighted by molar-refractivity contribution is 6.35. The van der Waals surface area contributed by atoms with E-state index in [0.29, 0.717) is 21.4 Å². The molecule has 0 aliphatic carbocycles. The van der Waals surface area contributed by atoms with Crippen LogP contribution < -0.4 is 0 Å². The van der Waals surface area contributed by atoms with E-state index in [1.807, 2.05) is 0 Å². The van der Waals surface area contributed by atoms with E-state index in [4.69, 9.17) is 23.2 Å². The van der Waals surface area contributed by atoms with Crippen molar-refractivity contribution in [2.24, 2.45) is 0 Å². The van der Waals surface area contributed by atoms with Crippen molar-refractivity contribution in [2.45, 2.75) is 18.0 Å². The molecule has 0 bridgehead atoms. The van der Waals surface area contributed by atoms with E-state index in [-0.39, 0.29) is 0 Å². The first kappa shape index (κ1) is 13.5. The van der Waals surface area contributed by atoms with Gasteiger partial charge in [-0.25, -0.2) is 0 Å². The monoisotopic (exact) mass is 292 g/mol. The van der Waals surface area contributed by atoms with Gasteiger partial charge in [-0.3, -0.25) is 0 Å². The van der Waals surface area contributed by atoms with Crippen LogP contribution in [0.3, 0.4) is 0 Å². The van der Waals surface area contributed by atoms with E-state index in [1.165, 1.54) is 0 Å². The van der Waals surface area contributed by atoms with E-state index in [0.717, 1.165) is 0 Å². The number of rotatable bonds is 2. The van der Waals surface area contributed by atoms with Crippen molar-refractivity contribution in [3.63, 3.8) is 0 Å². The summed E-state index contributed by atoms with van der Waals surface area (Å²) >= 11 is 11.9. The summed E-state index contributed by atoms with van der Waals surface area (Å²) in [4.78, 5) is 0. The standard InChI is InChI=1S/C13H9Cl2F3/c14-11-6-5-10(12(15)7-13(16,17)18)8-3-1-2-4-9(8)11/h1-6,12H,7H2. The predicted molar refractivity (Wildman–Crippen MR) is 68.2 cm³/mol. The van der Waals surface area contributed by atoms with Gasteiger partial charge in [0.1, 0.15) is 0 Å². The molecule has 18 heavy (non-hydrogen) atoms. The van der Waals surface area contributed by atoms with E-state index in [9.17, 15) is 13.2 Å². The summed E-state index contributed by atoms with van der Waals surface area (Å²) in [7, 11) is 0. The summed E-state index contributed by atoms with van der Waals surface area (Å²) in [6, 6.07) is 10.1. The van der Waals surface area contributed by atoms with Crippen molar-refractivity contribution >= 4 is 34.0 Å². The molecule has 96 valence electrons. The van der Waals surface area contributed by atoms with Crippen molar-refractivity contribution in [2.75, 3.05) is 0 Å². The Balaban J connectivity index is 2.49. The maximum Gasteiger partial charge on any atom is 0.390 e. The zero-order valence-corrected chi connectivity index (χ0v) is 10.7. The molecule has 0 radical (unpaired) electrons. The van der Waals surface area contributed by atoms with Crippen LogP contribution >= 0.6 is 23.2 Å². The predicted octanol–water partition coefficient (Wildman–Crippen LogP) is 5.73. The van der Waals surface area contributed by atoms with Crippen LogP contribution in [-0.2, 0) is 0 Å². The molecule has 0 amide bonds. The third-order valence-electron chi connectivity index (χ3n) is 2.65. The maximum absolute atomic E-state index is 12.4. The number of benzene rings is 2. The minimum absolute atomic E-state index is 0.453. The Labute approximate surface area is 112 Å². The lowest BCUT2D eigenvalue weighted by atomic mass is 10.0. The summed E-state index contributed by atoms with van der Waals surface area (Å²) in [6.45, 7) is 0. The molecule has 5 heteroatoms. The van der Waals surface area contributed by atoms with Gasteiger partial charge < -0.3 is 0 Å². The first-order chi connectivity index (χ1) is 8.38. The van der Waals surface area contributed by atoms with Crippen molar-refractivity contribution in [3.8, 4) is 0 Å². The molecular weight excluding hydrogens is 284 g/mol. The Bertz CT molecular complexity index is 564. The first-order valence-corrected chi connectivity index (χ1v) is 6.08. The maximum atomic E-state index is 12.4. The Morgan fingerprint density at radius 3 is 2.22 bits per heavy atom. The number of hydrogen-bond acceptors (Lipinski definition) is 0. The Morgan fingerprint density at radius 1 is 1.00 bits per heavy atom. The van der Waals surface area contributed by atoms with Crippen LogP contribution in [0.4, 0.5) is 13.2 Å². The Morgan fingerprint density at radius 2 is 1.61 bits per heavy atom. The average molecular weight is 293 g/mol. The first-order valence-electron chi connectivity index (χ1n) is 5.26. The summed E-state index contributed by atoms with van der Waals surface area (Å²) in [5.74, 6) is 0. The minimum atomic E-state index is -4.28. The van der Waals surface area contributed by atoms with E-state index in [1.54, 1.807) is 36.4 Å². The number of fused-ring (bicyclic) bond motifs is 1. The van der Waals surface area contributed by atoms with Gasteiger partial charge >= 0.3 is 6.18 Å². The molecule has 2 rings (SSSR count). The van der Waals surface area contributed by atoms with Crippen LogP contribution in [0.2, 0.25) is 5.02 Å². The van der Waals surface area contributed by atoms with Crippen LogP contribution in [0, 0.1) is 0 Å². The van der Waals surface area contributed by atoms with Gasteiger partial charge in [-0.05, 0) is 17.0 Å². The SMILES string of the molecule is FC(F)(F)CC(Cl)c1ccc(Cl)c2ccccc12. The number of alkyl halides is 4. The molecule has 0 aromatic heterocycles. The molecule has 0 heterocycles. The van der Waals surface area contributed by atoms with Crippen molar-refractivity contribution < 1.29 is 13.2 Å². The fourth-order valence-electron chi connectivity index (χ4n) is 1.87. The zero-order valence-electron chi connectivity index (χ0n) is 9.14. The zero-order chi connectivity index (χ0) is 13.3.